The molecule has 1 aliphatic heterocycles. The second kappa shape index (κ2) is 5.53. The number of morpholine rings is 1. The standard InChI is InChI=1S/C12H15F2NO2/c13-9-2-1-3-10(14)12(9)11(8-16)15-4-6-17-7-5-15/h1-3,11,16H,4-8H2/t11-/m0/s1. The van der Waals surface area contributed by atoms with Crippen molar-refractivity contribution >= 4 is 0 Å². The van der Waals surface area contributed by atoms with Gasteiger partial charge in [-0.2, -0.15) is 0 Å². The molecule has 0 bridgehead atoms. The Hall–Kier alpha value is -1.04. The zero-order chi connectivity index (χ0) is 12.3. The molecule has 1 heterocycles. The highest BCUT2D eigenvalue weighted by atomic mass is 19.1. The fourth-order valence-corrected chi connectivity index (χ4v) is 2.11. The highest BCUT2D eigenvalue weighted by molar-refractivity contribution is 5.23. The number of rotatable bonds is 3. The zero-order valence-electron chi connectivity index (χ0n) is 9.40. The van der Waals surface area contributed by atoms with Crippen LogP contribution in [0.3, 0.4) is 0 Å². The van der Waals surface area contributed by atoms with E-state index in [2.05, 4.69) is 0 Å². The van der Waals surface area contributed by atoms with Gasteiger partial charge in [0.05, 0.1) is 25.9 Å². The summed E-state index contributed by atoms with van der Waals surface area (Å²) in [5.74, 6) is -1.23. The predicted molar refractivity (Wildman–Crippen MR) is 58.6 cm³/mol. The van der Waals surface area contributed by atoms with Gasteiger partial charge < -0.3 is 9.84 Å². The van der Waals surface area contributed by atoms with Crippen molar-refractivity contribution in [1.82, 2.24) is 4.90 Å². The van der Waals surface area contributed by atoms with Crippen molar-refractivity contribution in [3.63, 3.8) is 0 Å². The fraction of sp³-hybridized carbons (Fsp3) is 0.500. The molecular formula is C12H15F2NO2. The number of benzene rings is 1. The van der Waals surface area contributed by atoms with Crippen molar-refractivity contribution in [2.45, 2.75) is 6.04 Å². The Morgan fingerprint density at radius 2 is 1.82 bits per heavy atom. The predicted octanol–water partition coefficient (Wildman–Crippen LogP) is 1.33. The number of hydrogen-bond donors (Lipinski definition) is 1. The minimum absolute atomic E-state index is 0.0584. The number of nitrogens with zero attached hydrogens (tertiary/aromatic N) is 1. The van der Waals surface area contributed by atoms with Gasteiger partial charge in [-0.3, -0.25) is 4.90 Å². The Morgan fingerprint density at radius 1 is 1.24 bits per heavy atom. The Morgan fingerprint density at radius 3 is 2.35 bits per heavy atom. The summed E-state index contributed by atoms with van der Waals surface area (Å²) in [6, 6.07) is 3.10. The van der Waals surface area contributed by atoms with E-state index in [-0.39, 0.29) is 12.2 Å². The molecule has 3 nitrogen and oxygen atoms in total. The highest BCUT2D eigenvalue weighted by Crippen LogP contribution is 2.26. The molecule has 0 saturated carbocycles. The number of hydrogen-bond acceptors (Lipinski definition) is 3. The SMILES string of the molecule is OC[C@@H](c1c(F)cccc1F)N1CCOCC1. The molecule has 0 aromatic heterocycles. The van der Waals surface area contributed by atoms with Gasteiger partial charge in [0.25, 0.3) is 0 Å². The average Bonchev–Trinajstić information content (AvgIpc) is 2.35. The number of aliphatic hydroxyl groups excluding tert-OH is 1. The Balaban J connectivity index is 2.27. The van der Waals surface area contributed by atoms with Crippen molar-refractivity contribution in [2.75, 3.05) is 32.9 Å². The summed E-state index contributed by atoms with van der Waals surface area (Å²) in [6.45, 7) is 1.87. The van der Waals surface area contributed by atoms with E-state index >= 15 is 0 Å². The smallest absolute Gasteiger partial charge is 0.131 e. The summed E-state index contributed by atoms with van der Waals surface area (Å²) in [5.41, 5.74) is -0.0584. The monoisotopic (exact) mass is 243 g/mol. The van der Waals surface area contributed by atoms with Gasteiger partial charge in [0.2, 0.25) is 0 Å². The minimum Gasteiger partial charge on any atom is -0.394 e. The topological polar surface area (TPSA) is 32.7 Å². The van der Waals surface area contributed by atoms with Crippen LogP contribution in [0, 0.1) is 11.6 Å². The van der Waals surface area contributed by atoms with Crippen LogP contribution in [0.15, 0.2) is 18.2 Å². The summed E-state index contributed by atoms with van der Waals surface area (Å²) in [7, 11) is 0. The molecular weight excluding hydrogens is 228 g/mol. The van der Waals surface area contributed by atoms with Crippen LogP contribution in [0.4, 0.5) is 8.78 Å². The minimum atomic E-state index is -0.639. The lowest BCUT2D eigenvalue weighted by Gasteiger charge is -2.33. The van der Waals surface area contributed by atoms with Gasteiger partial charge in [-0.1, -0.05) is 6.07 Å². The number of aliphatic hydroxyl groups is 1. The number of ether oxygens (including phenoxy) is 1. The van der Waals surface area contributed by atoms with Crippen molar-refractivity contribution in [3.8, 4) is 0 Å². The molecule has 0 radical (unpaired) electrons. The van der Waals surface area contributed by atoms with Crippen LogP contribution in [0.5, 0.6) is 0 Å². The van der Waals surface area contributed by atoms with E-state index in [1.807, 2.05) is 4.90 Å². The lowest BCUT2D eigenvalue weighted by atomic mass is 10.0. The highest BCUT2D eigenvalue weighted by Gasteiger charge is 2.26. The van der Waals surface area contributed by atoms with Crippen LogP contribution >= 0.6 is 0 Å². The Labute approximate surface area is 98.6 Å². The van der Waals surface area contributed by atoms with Crippen LogP contribution in [0.2, 0.25) is 0 Å². The molecule has 0 unspecified atom stereocenters. The molecule has 94 valence electrons. The third-order valence-electron chi connectivity index (χ3n) is 2.99. The molecule has 0 aliphatic carbocycles. The maximum Gasteiger partial charge on any atom is 0.131 e. The molecule has 17 heavy (non-hydrogen) atoms. The van der Waals surface area contributed by atoms with E-state index in [0.29, 0.717) is 26.3 Å². The van der Waals surface area contributed by atoms with Crippen molar-refractivity contribution in [1.29, 1.82) is 0 Å². The van der Waals surface area contributed by atoms with Crippen molar-refractivity contribution < 1.29 is 18.6 Å². The first kappa shape index (κ1) is 12.4. The van der Waals surface area contributed by atoms with Crippen LogP contribution in [0.25, 0.3) is 0 Å². The molecule has 1 saturated heterocycles. The van der Waals surface area contributed by atoms with E-state index in [1.165, 1.54) is 18.2 Å². The molecule has 1 fully saturated rings. The lowest BCUT2D eigenvalue weighted by Crippen LogP contribution is -2.41. The molecule has 1 N–H and O–H groups in total. The molecule has 1 atom stereocenters. The largest absolute Gasteiger partial charge is 0.394 e. The van der Waals surface area contributed by atoms with Crippen molar-refractivity contribution in [3.05, 3.63) is 35.4 Å². The van der Waals surface area contributed by atoms with Crippen molar-refractivity contribution in [2.24, 2.45) is 0 Å². The third-order valence-corrected chi connectivity index (χ3v) is 2.99. The molecule has 0 amide bonds. The molecule has 2 rings (SSSR count). The second-order valence-electron chi connectivity index (χ2n) is 3.98. The maximum atomic E-state index is 13.6. The van der Waals surface area contributed by atoms with Crippen LogP contribution in [-0.2, 0) is 4.74 Å². The van der Waals surface area contributed by atoms with E-state index in [0.717, 1.165) is 0 Å². The fourth-order valence-electron chi connectivity index (χ4n) is 2.11. The normalized spacial score (nSPS) is 19.2. The summed E-state index contributed by atoms with van der Waals surface area (Å²) in [6.07, 6.45) is 0. The first-order chi connectivity index (χ1) is 8.24. The van der Waals surface area contributed by atoms with Gasteiger partial charge in [-0.05, 0) is 12.1 Å². The van der Waals surface area contributed by atoms with E-state index in [4.69, 9.17) is 4.74 Å². The quantitative estimate of drug-likeness (QED) is 0.869. The van der Waals surface area contributed by atoms with Gasteiger partial charge in [0, 0.05) is 18.7 Å². The third kappa shape index (κ3) is 2.62. The first-order valence-electron chi connectivity index (χ1n) is 5.60. The van der Waals surface area contributed by atoms with Gasteiger partial charge in [0.15, 0.2) is 0 Å². The van der Waals surface area contributed by atoms with Gasteiger partial charge in [0.1, 0.15) is 11.6 Å². The summed E-state index contributed by atoms with van der Waals surface area (Å²) in [5, 5.41) is 9.36. The summed E-state index contributed by atoms with van der Waals surface area (Å²) < 4.78 is 32.4. The molecule has 1 aliphatic rings. The maximum absolute atomic E-state index is 13.6. The van der Waals surface area contributed by atoms with Gasteiger partial charge >= 0.3 is 0 Å². The van der Waals surface area contributed by atoms with Gasteiger partial charge in [-0.25, -0.2) is 8.78 Å². The number of halogens is 2. The summed E-state index contributed by atoms with van der Waals surface area (Å²) >= 11 is 0. The van der Waals surface area contributed by atoms with Crippen LogP contribution in [-0.4, -0.2) is 42.9 Å². The molecule has 5 heteroatoms. The Bertz CT molecular complexity index is 361. The van der Waals surface area contributed by atoms with E-state index < -0.39 is 17.7 Å². The van der Waals surface area contributed by atoms with Crippen LogP contribution < -0.4 is 0 Å². The first-order valence-corrected chi connectivity index (χ1v) is 5.60. The molecule has 0 spiro atoms. The van der Waals surface area contributed by atoms with Crippen LogP contribution in [0.1, 0.15) is 11.6 Å². The van der Waals surface area contributed by atoms with E-state index in [9.17, 15) is 13.9 Å². The lowest BCUT2D eigenvalue weighted by molar-refractivity contribution is 0.000804. The summed E-state index contributed by atoms with van der Waals surface area (Å²) in [4.78, 5) is 1.84. The molecule has 1 aromatic carbocycles. The molecule has 1 aromatic rings. The Kier molecular flexibility index (Phi) is 4.04. The average molecular weight is 243 g/mol. The second-order valence-corrected chi connectivity index (χ2v) is 3.98. The van der Waals surface area contributed by atoms with E-state index in [1.54, 1.807) is 0 Å². The zero-order valence-corrected chi connectivity index (χ0v) is 9.40. The van der Waals surface area contributed by atoms with Gasteiger partial charge in [-0.15, -0.1) is 0 Å².